The van der Waals surface area contributed by atoms with E-state index < -0.39 is 41.8 Å². The zero-order chi connectivity index (χ0) is 20.2. The van der Waals surface area contributed by atoms with Crippen molar-refractivity contribution in [3.63, 3.8) is 0 Å². The molecule has 0 saturated carbocycles. The van der Waals surface area contributed by atoms with Crippen LogP contribution in [0.25, 0.3) is 0 Å². The van der Waals surface area contributed by atoms with E-state index in [0.29, 0.717) is 4.31 Å². The average molecular weight is 437 g/mol. The van der Waals surface area contributed by atoms with E-state index in [2.05, 4.69) is 4.72 Å². The van der Waals surface area contributed by atoms with E-state index in [1.807, 2.05) is 0 Å². The number of sulfonamides is 2. The summed E-state index contributed by atoms with van der Waals surface area (Å²) >= 11 is 0. The SMILES string of the molecule is Cc1cc(N2C(=O)CCS2(=O)=O)cc(C)c1S(=O)(=O)NC1CCS(=O)(=O)C1. The van der Waals surface area contributed by atoms with Gasteiger partial charge in [-0.3, -0.25) is 4.79 Å². The molecule has 2 fully saturated rings. The highest BCUT2D eigenvalue weighted by Crippen LogP contribution is 2.31. The van der Waals surface area contributed by atoms with Gasteiger partial charge in [0.25, 0.3) is 0 Å². The van der Waals surface area contributed by atoms with Gasteiger partial charge < -0.3 is 0 Å². The van der Waals surface area contributed by atoms with Gasteiger partial charge in [-0.2, -0.15) is 0 Å². The summed E-state index contributed by atoms with van der Waals surface area (Å²) in [6.45, 7) is 3.01. The molecular weight excluding hydrogens is 416 g/mol. The van der Waals surface area contributed by atoms with E-state index in [-0.39, 0.29) is 51.8 Å². The Bertz CT molecular complexity index is 1100. The second-order valence-corrected chi connectivity index (χ2v) is 12.7. The Kier molecular flexibility index (Phi) is 4.90. The summed E-state index contributed by atoms with van der Waals surface area (Å²) in [5.41, 5.74) is 0.649. The fourth-order valence-corrected chi connectivity index (χ4v) is 8.45. The van der Waals surface area contributed by atoms with Crippen LogP contribution in [0.4, 0.5) is 5.69 Å². The molecule has 2 heterocycles. The fraction of sp³-hybridized carbons (Fsp3) is 0.533. The summed E-state index contributed by atoms with van der Waals surface area (Å²) in [7, 11) is -11.0. The zero-order valence-corrected chi connectivity index (χ0v) is 17.2. The largest absolute Gasteiger partial charge is 0.273 e. The van der Waals surface area contributed by atoms with Crippen LogP contribution in [0.1, 0.15) is 24.0 Å². The summed E-state index contributed by atoms with van der Waals surface area (Å²) in [5.74, 6) is -1.14. The van der Waals surface area contributed by atoms with Gasteiger partial charge in [0.1, 0.15) is 0 Å². The molecule has 9 nitrogen and oxygen atoms in total. The summed E-state index contributed by atoms with van der Waals surface area (Å²) in [4.78, 5) is 11.9. The molecule has 0 aromatic heterocycles. The molecular formula is C15H20N2O7S3. The first-order chi connectivity index (χ1) is 12.3. The highest BCUT2D eigenvalue weighted by Gasteiger charge is 2.37. The van der Waals surface area contributed by atoms with Crippen molar-refractivity contribution in [2.45, 2.75) is 37.6 Å². The van der Waals surface area contributed by atoms with Crippen molar-refractivity contribution in [2.24, 2.45) is 0 Å². The number of rotatable bonds is 4. The first kappa shape index (κ1) is 20.2. The maximum atomic E-state index is 12.8. The average Bonchev–Trinajstić information content (AvgIpc) is 2.95. The normalized spacial score (nSPS) is 24.4. The van der Waals surface area contributed by atoms with Gasteiger partial charge in [0.15, 0.2) is 9.84 Å². The van der Waals surface area contributed by atoms with Crippen LogP contribution in [0.15, 0.2) is 17.0 Å². The summed E-state index contributed by atoms with van der Waals surface area (Å²) in [6, 6.07) is 1.99. The van der Waals surface area contributed by atoms with Gasteiger partial charge >= 0.3 is 0 Å². The molecule has 2 saturated heterocycles. The van der Waals surface area contributed by atoms with E-state index in [4.69, 9.17) is 0 Å². The molecule has 3 rings (SSSR count). The van der Waals surface area contributed by atoms with Gasteiger partial charge in [0.05, 0.1) is 27.8 Å². The number of sulfone groups is 1. The lowest BCUT2D eigenvalue weighted by Gasteiger charge is -2.20. The topological polar surface area (TPSA) is 135 Å². The Morgan fingerprint density at radius 2 is 1.67 bits per heavy atom. The molecule has 1 unspecified atom stereocenters. The van der Waals surface area contributed by atoms with E-state index in [1.165, 1.54) is 26.0 Å². The number of anilines is 1. The number of aryl methyl sites for hydroxylation is 2. The predicted molar refractivity (Wildman–Crippen MR) is 99.2 cm³/mol. The number of carbonyl (C=O) groups is 1. The monoisotopic (exact) mass is 436 g/mol. The standard InChI is InChI=1S/C15H20N2O7S3/c1-10-7-13(17-14(18)4-6-26(17,21)22)8-11(2)15(10)27(23,24)16-12-3-5-25(19,20)9-12/h7-8,12,16H,3-6,9H2,1-2H3. The Labute approximate surface area is 158 Å². The minimum Gasteiger partial charge on any atom is -0.273 e. The van der Waals surface area contributed by atoms with Crippen LogP contribution in [0.5, 0.6) is 0 Å². The minimum atomic E-state index is -4.01. The molecule has 0 aliphatic carbocycles. The highest BCUT2D eigenvalue weighted by atomic mass is 32.2. The van der Waals surface area contributed by atoms with Crippen LogP contribution < -0.4 is 9.03 Å². The minimum absolute atomic E-state index is 0.0420. The Morgan fingerprint density at radius 1 is 1.07 bits per heavy atom. The third-order valence-corrected chi connectivity index (χ3v) is 9.86. The lowest BCUT2D eigenvalue weighted by atomic mass is 10.1. The quantitative estimate of drug-likeness (QED) is 0.692. The van der Waals surface area contributed by atoms with Crippen molar-refractivity contribution in [1.82, 2.24) is 4.72 Å². The molecule has 1 N–H and O–H groups in total. The maximum absolute atomic E-state index is 12.8. The van der Waals surface area contributed by atoms with Crippen LogP contribution in [-0.2, 0) is 34.7 Å². The smallest absolute Gasteiger partial charge is 0.242 e. The molecule has 2 aliphatic heterocycles. The maximum Gasteiger partial charge on any atom is 0.242 e. The molecule has 0 bridgehead atoms. The molecule has 12 heteroatoms. The molecule has 1 amide bonds. The Hall–Kier alpha value is -1.50. The number of nitrogens with one attached hydrogen (secondary N) is 1. The van der Waals surface area contributed by atoms with E-state index in [1.54, 1.807) is 0 Å². The molecule has 0 spiro atoms. The molecule has 0 radical (unpaired) electrons. The van der Waals surface area contributed by atoms with Crippen LogP contribution in [-0.4, -0.2) is 54.5 Å². The van der Waals surface area contributed by atoms with Crippen molar-refractivity contribution < 1.29 is 30.0 Å². The third-order valence-electron chi connectivity index (χ3n) is 4.58. The molecule has 27 heavy (non-hydrogen) atoms. The van der Waals surface area contributed by atoms with Gasteiger partial charge in [0.2, 0.25) is 26.0 Å². The Morgan fingerprint density at radius 3 is 2.11 bits per heavy atom. The van der Waals surface area contributed by atoms with Gasteiger partial charge in [-0.05, 0) is 43.5 Å². The number of benzene rings is 1. The predicted octanol–water partition coefficient (Wildman–Crippen LogP) is -0.165. The lowest BCUT2D eigenvalue weighted by molar-refractivity contribution is -0.116. The number of nitrogens with zero attached hydrogens (tertiary/aromatic N) is 1. The Balaban J connectivity index is 1.97. The lowest BCUT2D eigenvalue weighted by Crippen LogP contribution is -2.36. The molecule has 1 aromatic carbocycles. The molecule has 1 atom stereocenters. The third kappa shape index (κ3) is 3.89. The van der Waals surface area contributed by atoms with Crippen LogP contribution in [0, 0.1) is 13.8 Å². The van der Waals surface area contributed by atoms with Crippen molar-refractivity contribution in [1.29, 1.82) is 0 Å². The molecule has 2 aliphatic rings. The van der Waals surface area contributed by atoms with E-state index >= 15 is 0 Å². The number of hydrogen-bond donors (Lipinski definition) is 1. The van der Waals surface area contributed by atoms with E-state index in [0.717, 1.165) is 0 Å². The summed E-state index contributed by atoms with van der Waals surface area (Å²) < 4.78 is 75.9. The molecule has 1 aromatic rings. The van der Waals surface area contributed by atoms with Gasteiger partial charge in [-0.15, -0.1) is 0 Å². The first-order valence-electron chi connectivity index (χ1n) is 8.22. The van der Waals surface area contributed by atoms with E-state index in [9.17, 15) is 30.0 Å². The highest BCUT2D eigenvalue weighted by molar-refractivity contribution is 7.94. The van der Waals surface area contributed by atoms with Crippen molar-refractivity contribution in [3.05, 3.63) is 23.3 Å². The number of carbonyl (C=O) groups excluding carboxylic acids is 1. The number of amides is 1. The van der Waals surface area contributed by atoms with Crippen molar-refractivity contribution in [2.75, 3.05) is 21.6 Å². The van der Waals surface area contributed by atoms with Crippen LogP contribution in [0.3, 0.4) is 0 Å². The van der Waals surface area contributed by atoms with Gasteiger partial charge in [0, 0.05) is 12.5 Å². The van der Waals surface area contributed by atoms with Crippen LogP contribution >= 0.6 is 0 Å². The summed E-state index contributed by atoms with van der Waals surface area (Å²) in [5, 5.41) is 0. The second kappa shape index (κ2) is 6.54. The zero-order valence-electron chi connectivity index (χ0n) is 14.8. The summed E-state index contributed by atoms with van der Waals surface area (Å²) in [6.07, 6.45) is 0.0937. The van der Waals surface area contributed by atoms with Gasteiger partial charge in [-0.1, -0.05) is 0 Å². The van der Waals surface area contributed by atoms with Crippen LogP contribution in [0.2, 0.25) is 0 Å². The van der Waals surface area contributed by atoms with Crippen molar-refractivity contribution in [3.8, 4) is 0 Å². The van der Waals surface area contributed by atoms with Gasteiger partial charge in [-0.25, -0.2) is 34.3 Å². The van der Waals surface area contributed by atoms with Crippen molar-refractivity contribution >= 4 is 41.5 Å². The second-order valence-electron chi connectivity index (χ2n) is 6.85. The molecule has 150 valence electrons. The first-order valence-corrected chi connectivity index (χ1v) is 13.1. The fourth-order valence-electron chi connectivity index (χ4n) is 3.50. The number of hydrogen-bond acceptors (Lipinski definition) is 7.